The quantitative estimate of drug-likeness (QED) is 0.885. The molecule has 0 radical (unpaired) electrons. The summed E-state index contributed by atoms with van der Waals surface area (Å²) in [4.78, 5) is -0.149. The number of nitrogens with two attached hydrogens (primary N) is 1. The second kappa shape index (κ2) is 6.53. The van der Waals surface area contributed by atoms with Crippen molar-refractivity contribution in [3.63, 3.8) is 0 Å². The molecule has 0 spiro atoms. The van der Waals surface area contributed by atoms with Gasteiger partial charge in [-0.25, -0.2) is 17.5 Å². The first-order valence-electron chi connectivity index (χ1n) is 6.15. The summed E-state index contributed by atoms with van der Waals surface area (Å²) in [5.74, 6) is -0.587. The largest absolute Gasteiger partial charge is 0.326 e. The lowest BCUT2D eigenvalue weighted by Gasteiger charge is -2.09. The van der Waals surface area contributed by atoms with Crippen LogP contribution in [0.4, 0.5) is 4.39 Å². The van der Waals surface area contributed by atoms with Crippen molar-refractivity contribution < 1.29 is 12.8 Å². The lowest BCUT2D eigenvalue weighted by atomic mass is 10.1. The van der Waals surface area contributed by atoms with Crippen LogP contribution in [-0.2, 0) is 23.1 Å². The Bertz CT molecular complexity index is 733. The van der Waals surface area contributed by atoms with Crippen LogP contribution >= 0.6 is 11.6 Å². The molecule has 0 unspecified atom stereocenters. The molecule has 4 nitrogen and oxygen atoms in total. The molecule has 3 N–H and O–H groups in total. The van der Waals surface area contributed by atoms with E-state index in [2.05, 4.69) is 4.72 Å². The van der Waals surface area contributed by atoms with Gasteiger partial charge < -0.3 is 5.73 Å². The first-order chi connectivity index (χ1) is 9.92. The molecular weight excluding hydrogens is 315 g/mol. The lowest BCUT2D eigenvalue weighted by Crippen LogP contribution is -2.23. The summed E-state index contributed by atoms with van der Waals surface area (Å²) in [6.07, 6.45) is 0. The van der Waals surface area contributed by atoms with E-state index in [0.29, 0.717) is 6.54 Å². The summed E-state index contributed by atoms with van der Waals surface area (Å²) in [5, 5.41) is -0.152. The van der Waals surface area contributed by atoms with Crippen LogP contribution in [0.1, 0.15) is 11.1 Å². The van der Waals surface area contributed by atoms with Gasteiger partial charge in [0.15, 0.2) is 0 Å². The molecule has 0 aliphatic carbocycles. The molecule has 2 rings (SSSR count). The fraction of sp³-hybridized carbons (Fsp3) is 0.143. The van der Waals surface area contributed by atoms with E-state index in [-0.39, 0.29) is 16.5 Å². The van der Waals surface area contributed by atoms with Crippen molar-refractivity contribution in [3.8, 4) is 0 Å². The zero-order chi connectivity index (χ0) is 15.5. The van der Waals surface area contributed by atoms with Gasteiger partial charge in [0.05, 0.1) is 5.02 Å². The standard InChI is InChI=1S/C14H14ClFN2O2S/c15-13-7-12(16)5-6-14(13)21(19,20)18-9-11-3-1-10(8-17)2-4-11/h1-7,18H,8-9,17H2. The van der Waals surface area contributed by atoms with Crippen LogP contribution in [0.15, 0.2) is 47.4 Å². The number of hydrogen-bond donors (Lipinski definition) is 2. The number of sulfonamides is 1. The maximum atomic E-state index is 12.9. The second-order valence-corrected chi connectivity index (χ2v) is 6.56. The van der Waals surface area contributed by atoms with Crippen LogP contribution in [0.3, 0.4) is 0 Å². The van der Waals surface area contributed by atoms with Crippen molar-refractivity contribution in [2.45, 2.75) is 18.0 Å². The fourth-order valence-electron chi connectivity index (χ4n) is 1.74. The Labute approximate surface area is 127 Å². The highest BCUT2D eigenvalue weighted by molar-refractivity contribution is 7.89. The van der Waals surface area contributed by atoms with Crippen LogP contribution in [-0.4, -0.2) is 8.42 Å². The average molecular weight is 329 g/mol. The molecule has 0 aliphatic rings. The molecule has 0 heterocycles. The molecule has 0 amide bonds. The zero-order valence-corrected chi connectivity index (χ0v) is 12.6. The molecule has 0 atom stereocenters. The molecule has 2 aromatic rings. The van der Waals surface area contributed by atoms with E-state index < -0.39 is 15.8 Å². The summed E-state index contributed by atoms with van der Waals surface area (Å²) in [6, 6.07) is 10.4. The second-order valence-electron chi connectivity index (χ2n) is 4.42. The first kappa shape index (κ1) is 15.9. The van der Waals surface area contributed by atoms with Gasteiger partial charge in [-0.2, -0.15) is 0 Å². The SMILES string of the molecule is NCc1ccc(CNS(=O)(=O)c2ccc(F)cc2Cl)cc1. The lowest BCUT2D eigenvalue weighted by molar-refractivity contribution is 0.580. The van der Waals surface area contributed by atoms with E-state index in [9.17, 15) is 12.8 Å². The Hall–Kier alpha value is -1.47. The van der Waals surface area contributed by atoms with E-state index in [1.165, 1.54) is 0 Å². The summed E-state index contributed by atoms with van der Waals surface area (Å²) >= 11 is 5.76. The number of halogens is 2. The van der Waals surface area contributed by atoms with E-state index in [1.807, 2.05) is 12.1 Å². The van der Waals surface area contributed by atoms with Crippen molar-refractivity contribution in [2.75, 3.05) is 0 Å². The Kier molecular flexibility index (Phi) is 4.95. The van der Waals surface area contributed by atoms with E-state index >= 15 is 0 Å². The molecule has 21 heavy (non-hydrogen) atoms. The highest BCUT2D eigenvalue weighted by atomic mass is 35.5. The Morgan fingerprint density at radius 3 is 2.29 bits per heavy atom. The topological polar surface area (TPSA) is 72.2 Å². The minimum Gasteiger partial charge on any atom is -0.326 e. The molecule has 2 aromatic carbocycles. The summed E-state index contributed by atoms with van der Waals surface area (Å²) < 4.78 is 39.6. The van der Waals surface area contributed by atoms with Crippen LogP contribution in [0.25, 0.3) is 0 Å². The van der Waals surface area contributed by atoms with Crippen molar-refractivity contribution >= 4 is 21.6 Å². The average Bonchev–Trinajstić information content (AvgIpc) is 2.45. The smallest absolute Gasteiger partial charge is 0.242 e. The van der Waals surface area contributed by atoms with Gasteiger partial charge in [0.1, 0.15) is 10.7 Å². The van der Waals surface area contributed by atoms with Gasteiger partial charge >= 0.3 is 0 Å². The number of rotatable bonds is 5. The van der Waals surface area contributed by atoms with Crippen molar-refractivity contribution in [2.24, 2.45) is 5.73 Å². The molecule has 0 aromatic heterocycles. The predicted octanol–water partition coefficient (Wildman–Crippen LogP) is 2.42. The third kappa shape index (κ3) is 4.01. The normalized spacial score (nSPS) is 11.6. The third-order valence-electron chi connectivity index (χ3n) is 2.91. The Morgan fingerprint density at radius 1 is 1.10 bits per heavy atom. The van der Waals surface area contributed by atoms with E-state index in [4.69, 9.17) is 17.3 Å². The summed E-state index contributed by atoms with van der Waals surface area (Å²) in [6.45, 7) is 0.540. The van der Waals surface area contributed by atoms with E-state index in [0.717, 1.165) is 29.3 Å². The molecule has 112 valence electrons. The molecule has 0 aliphatic heterocycles. The van der Waals surface area contributed by atoms with Gasteiger partial charge in [0, 0.05) is 13.1 Å². The zero-order valence-electron chi connectivity index (χ0n) is 11.0. The fourth-order valence-corrected chi connectivity index (χ4v) is 3.29. The molecule has 7 heteroatoms. The van der Waals surface area contributed by atoms with Crippen LogP contribution in [0.5, 0.6) is 0 Å². The number of nitrogens with one attached hydrogen (secondary N) is 1. The van der Waals surface area contributed by atoms with Crippen molar-refractivity contribution in [1.82, 2.24) is 4.72 Å². The molecule has 0 saturated carbocycles. The molecule has 0 saturated heterocycles. The first-order valence-corrected chi connectivity index (χ1v) is 8.01. The monoisotopic (exact) mass is 328 g/mol. The van der Waals surface area contributed by atoms with Crippen LogP contribution in [0.2, 0.25) is 5.02 Å². The van der Waals surface area contributed by atoms with Gasteiger partial charge in [0.2, 0.25) is 10.0 Å². The van der Waals surface area contributed by atoms with E-state index in [1.54, 1.807) is 12.1 Å². The summed E-state index contributed by atoms with van der Waals surface area (Å²) in [7, 11) is -3.79. The number of hydrogen-bond acceptors (Lipinski definition) is 3. The van der Waals surface area contributed by atoms with Crippen LogP contribution in [0, 0.1) is 5.82 Å². The number of benzene rings is 2. The predicted molar refractivity (Wildman–Crippen MR) is 79.8 cm³/mol. The van der Waals surface area contributed by atoms with Crippen molar-refractivity contribution in [1.29, 1.82) is 0 Å². The van der Waals surface area contributed by atoms with Gasteiger partial charge in [-0.05, 0) is 29.3 Å². The summed E-state index contributed by atoms with van der Waals surface area (Å²) in [5.41, 5.74) is 7.24. The van der Waals surface area contributed by atoms with Gasteiger partial charge in [-0.3, -0.25) is 0 Å². The van der Waals surface area contributed by atoms with Gasteiger partial charge in [-0.15, -0.1) is 0 Å². The minimum atomic E-state index is -3.79. The maximum Gasteiger partial charge on any atom is 0.242 e. The van der Waals surface area contributed by atoms with Gasteiger partial charge in [-0.1, -0.05) is 35.9 Å². The van der Waals surface area contributed by atoms with Crippen molar-refractivity contribution in [3.05, 3.63) is 64.4 Å². The minimum absolute atomic E-state index is 0.112. The van der Waals surface area contributed by atoms with Crippen LogP contribution < -0.4 is 10.5 Å². The Balaban J connectivity index is 2.13. The highest BCUT2D eigenvalue weighted by Gasteiger charge is 2.17. The molecule has 0 fully saturated rings. The highest BCUT2D eigenvalue weighted by Crippen LogP contribution is 2.22. The maximum absolute atomic E-state index is 12.9. The third-order valence-corrected chi connectivity index (χ3v) is 4.79. The van der Waals surface area contributed by atoms with Gasteiger partial charge in [0.25, 0.3) is 0 Å². The molecular formula is C14H14ClFN2O2S. The molecule has 0 bridgehead atoms. The Morgan fingerprint density at radius 2 is 1.71 bits per heavy atom.